The first-order valence-electron chi connectivity index (χ1n) is 10.2. The largest absolute Gasteiger partial charge is 0.399 e. The van der Waals surface area contributed by atoms with Crippen molar-refractivity contribution in [2.75, 3.05) is 0 Å². The molecule has 5 aromatic heterocycles. The van der Waals surface area contributed by atoms with E-state index in [1.165, 1.54) is 0 Å². The number of hydrogen-bond acceptors (Lipinski definition) is 5. The number of rotatable bonds is 5. The Morgan fingerprint density at radius 1 is 1.22 bits per heavy atom. The van der Waals surface area contributed by atoms with Crippen molar-refractivity contribution in [3.63, 3.8) is 0 Å². The molecule has 0 aliphatic heterocycles. The second-order valence-corrected chi connectivity index (χ2v) is 7.48. The molecule has 0 aromatic carbocycles. The van der Waals surface area contributed by atoms with Crippen molar-refractivity contribution in [2.45, 2.75) is 13.8 Å². The Balaban J connectivity index is 1.64. The summed E-state index contributed by atoms with van der Waals surface area (Å²) in [7, 11) is 0. The molecule has 8 heteroatoms. The van der Waals surface area contributed by atoms with E-state index in [9.17, 15) is 0 Å². The number of imidazole rings is 1. The number of hydrogen-bond donors (Lipinski definition) is 3. The fourth-order valence-electron chi connectivity index (χ4n) is 3.71. The first kappa shape index (κ1) is 19.5. The van der Waals surface area contributed by atoms with Crippen molar-refractivity contribution in [3.05, 3.63) is 85.0 Å². The second kappa shape index (κ2) is 7.66. The molecule has 5 rings (SSSR count). The first-order valence-corrected chi connectivity index (χ1v) is 10.2. The molecule has 0 saturated heterocycles. The average molecular weight is 422 g/mol. The van der Waals surface area contributed by atoms with Gasteiger partial charge in [-0.2, -0.15) is 5.10 Å². The van der Waals surface area contributed by atoms with Crippen molar-refractivity contribution in [3.8, 4) is 17.1 Å². The summed E-state index contributed by atoms with van der Waals surface area (Å²) in [5.41, 5.74) is 14.3. The zero-order chi connectivity index (χ0) is 22.2. The van der Waals surface area contributed by atoms with Gasteiger partial charge in [-0.05, 0) is 49.8 Å². The lowest BCUT2D eigenvalue weighted by Crippen LogP contribution is -1.95. The van der Waals surface area contributed by atoms with Crippen LogP contribution >= 0.6 is 0 Å². The highest BCUT2D eigenvalue weighted by molar-refractivity contribution is 5.96. The third-order valence-corrected chi connectivity index (χ3v) is 5.34. The Bertz CT molecular complexity index is 1530. The van der Waals surface area contributed by atoms with E-state index in [0.29, 0.717) is 5.70 Å². The van der Waals surface area contributed by atoms with Gasteiger partial charge in [0.15, 0.2) is 0 Å². The molecule has 5 heterocycles. The second-order valence-electron chi connectivity index (χ2n) is 7.48. The molecule has 8 nitrogen and oxygen atoms in total. The number of pyridine rings is 2. The third-order valence-electron chi connectivity index (χ3n) is 5.34. The van der Waals surface area contributed by atoms with Crippen LogP contribution in [0.15, 0.2) is 73.6 Å². The molecule has 32 heavy (non-hydrogen) atoms. The lowest BCUT2D eigenvalue weighted by Gasteiger charge is -2.03. The summed E-state index contributed by atoms with van der Waals surface area (Å²) in [6, 6.07) is 5.98. The van der Waals surface area contributed by atoms with Crippen LogP contribution in [0.3, 0.4) is 0 Å². The van der Waals surface area contributed by atoms with E-state index in [1.54, 1.807) is 18.6 Å². The Morgan fingerprint density at radius 3 is 2.84 bits per heavy atom. The molecule has 0 aliphatic carbocycles. The molecule has 0 radical (unpaired) electrons. The van der Waals surface area contributed by atoms with Crippen molar-refractivity contribution in [2.24, 2.45) is 5.73 Å². The van der Waals surface area contributed by atoms with Crippen molar-refractivity contribution < 1.29 is 0 Å². The Hall–Kier alpha value is -4.46. The van der Waals surface area contributed by atoms with E-state index in [1.807, 2.05) is 55.1 Å². The molecule has 0 saturated carbocycles. The molecule has 0 atom stereocenters. The standard InChI is InChI=1S/C24H22N8/c1-4-15(8-16(25)5-2)18-6-7-19-23(29-18)24(31-30-19)20-9-17-21(28-20)10-26-11-22(17)32-12-14(3)27-13-32/h4-13,28H,2,25H2,1,3H3,(H,30,31)/b15-4+,16-8+. The number of nitrogens with two attached hydrogens (primary N) is 1. The third kappa shape index (κ3) is 3.27. The molecule has 158 valence electrons. The lowest BCUT2D eigenvalue weighted by atomic mass is 10.1. The maximum absolute atomic E-state index is 5.95. The highest BCUT2D eigenvalue weighted by atomic mass is 15.1. The van der Waals surface area contributed by atoms with E-state index in [4.69, 9.17) is 10.7 Å². The van der Waals surface area contributed by atoms with Crippen LogP contribution in [0.2, 0.25) is 0 Å². The molecule has 0 amide bonds. The number of nitrogens with zero attached hydrogens (tertiary/aromatic N) is 5. The van der Waals surface area contributed by atoms with Crippen molar-refractivity contribution in [1.82, 2.24) is 34.7 Å². The van der Waals surface area contributed by atoms with Crippen molar-refractivity contribution in [1.29, 1.82) is 0 Å². The highest BCUT2D eigenvalue weighted by Gasteiger charge is 2.16. The van der Waals surface area contributed by atoms with Crippen molar-refractivity contribution >= 4 is 27.5 Å². The summed E-state index contributed by atoms with van der Waals surface area (Å²) in [6.45, 7) is 7.63. The van der Waals surface area contributed by atoms with Crippen LogP contribution in [0.5, 0.6) is 0 Å². The topological polar surface area (TPSA) is 114 Å². The smallest absolute Gasteiger partial charge is 0.135 e. The van der Waals surface area contributed by atoms with Crippen LogP contribution in [0.4, 0.5) is 0 Å². The summed E-state index contributed by atoms with van der Waals surface area (Å²) < 4.78 is 1.97. The zero-order valence-corrected chi connectivity index (χ0v) is 17.8. The Morgan fingerprint density at radius 2 is 2.09 bits per heavy atom. The van der Waals surface area contributed by atoms with Crippen LogP contribution in [-0.2, 0) is 0 Å². The van der Waals surface area contributed by atoms with Gasteiger partial charge in [-0.25, -0.2) is 9.97 Å². The Kier molecular flexibility index (Phi) is 4.67. The molecule has 0 spiro atoms. The maximum Gasteiger partial charge on any atom is 0.135 e. The molecular weight excluding hydrogens is 400 g/mol. The van der Waals surface area contributed by atoms with Crippen LogP contribution in [0, 0.1) is 6.92 Å². The SMILES string of the molecule is C=C/C(N)=C\C(=C/C)c1ccc2[nH]nc(-c3cc4c(-n5cnc(C)c5)cncc4[nH]3)c2n1. The van der Waals surface area contributed by atoms with Gasteiger partial charge in [0, 0.05) is 17.3 Å². The minimum Gasteiger partial charge on any atom is -0.399 e. The first-order chi connectivity index (χ1) is 15.6. The van der Waals surface area contributed by atoms with E-state index >= 15 is 0 Å². The normalized spacial score (nSPS) is 12.7. The predicted molar refractivity (Wildman–Crippen MR) is 127 cm³/mol. The Labute approximate surface area is 184 Å². The maximum atomic E-state index is 5.95. The van der Waals surface area contributed by atoms with Crippen LogP contribution in [-0.4, -0.2) is 34.7 Å². The van der Waals surface area contributed by atoms with Crippen LogP contribution < -0.4 is 5.73 Å². The van der Waals surface area contributed by atoms with Gasteiger partial charge in [0.1, 0.15) is 11.2 Å². The summed E-state index contributed by atoms with van der Waals surface area (Å²) in [5, 5.41) is 8.64. The number of aromatic nitrogens is 7. The fourth-order valence-corrected chi connectivity index (χ4v) is 3.71. The van der Waals surface area contributed by atoms with Crippen LogP contribution in [0.25, 0.3) is 44.6 Å². The molecule has 0 bridgehead atoms. The quantitative estimate of drug-likeness (QED) is 0.363. The molecule has 4 N–H and O–H groups in total. The average Bonchev–Trinajstić information content (AvgIpc) is 3.53. The van der Waals surface area contributed by atoms with Gasteiger partial charge in [0.2, 0.25) is 0 Å². The monoisotopic (exact) mass is 422 g/mol. The van der Waals surface area contributed by atoms with E-state index in [0.717, 1.165) is 56.0 Å². The van der Waals surface area contributed by atoms with Gasteiger partial charge in [-0.3, -0.25) is 10.1 Å². The summed E-state index contributed by atoms with van der Waals surface area (Å²) >= 11 is 0. The number of allylic oxidation sites excluding steroid dienone is 4. The summed E-state index contributed by atoms with van der Waals surface area (Å²) in [5.74, 6) is 0. The molecule has 0 aliphatic rings. The number of aryl methyl sites for hydroxylation is 1. The van der Waals surface area contributed by atoms with Crippen LogP contribution in [0.1, 0.15) is 18.3 Å². The molecular formula is C24H22N8. The number of nitrogens with one attached hydrogen (secondary N) is 2. The van der Waals surface area contributed by atoms with E-state index in [-0.39, 0.29) is 0 Å². The minimum absolute atomic E-state index is 0.581. The van der Waals surface area contributed by atoms with E-state index in [2.05, 4.69) is 37.8 Å². The number of aromatic amines is 2. The lowest BCUT2D eigenvalue weighted by molar-refractivity contribution is 1.05. The molecule has 5 aromatic rings. The van der Waals surface area contributed by atoms with Gasteiger partial charge >= 0.3 is 0 Å². The minimum atomic E-state index is 0.581. The predicted octanol–water partition coefficient (Wildman–Crippen LogP) is 4.43. The fraction of sp³-hybridized carbons (Fsp3) is 0.0833. The zero-order valence-electron chi connectivity index (χ0n) is 17.8. The molecule has 0 unspecified atom stereocenters. The van der Waals surface area contributed by atoms with E-state index < -0.39 is 0 Å². The van der Waals surface area contributed by atoms with Gasteiger partial charge in [-0.1, -0.05) is 12.7 Å². The number of H-pyrrole nitrogens is 2. The number of fused-ring (bicyclic) bond motifs is 2. The van der Waals surface area contributed by atoms with Gasteiger partial charge in [0.25, 0.3) is 0 Å². The van der Waals surface area contributed by atoms with Gasteiger partial charge in [-0.15, -0.1) is 0 Å². The van der Waals surface area contributed by atoms with Gasteiger partial charge < -0.3 is 15.3 Å². The highest BCUT2D eigenvalue weighted by Crippen LogP contribution is 2.31. The van der Waals surface area contributed by atoms with Gasteiger partial charge in [0.05, 0.1) is 52.5 Å². The summed E-state index contributed by atoms with van der Waals surface area (Å²) in [6.07, 6.45) is 12.8. The summed E-state index contributed by atoms with van der Waals surface area (Å²) in [4.78, 5) is 17.0. The molecule has 0 fully saturated rings.